The second kappa shape index (κ2) is 10.8. The van der Waals surface area contributed by atoms with E-state index in [0.717, 1.165) is 22.4 Å². The number of fused-ring (bicyclic) bond motifs is 4. The molecule has 0 spiro atoms. The lowest BCUT2D eigenvalue weighted by Gasteiger charge is -2.19. The molecule has 2 nitrogen and oxygen atoms in total. The number of hydrogen-bond acceptors (Lipinski definition) is 2. The summed E-state index contributed by atoms with van der Waals surface area (Å²) in [7, 11) is 0. The Morgan fingerprint density at radius 1 is 0.348 bits per heavy atom. The van der Waals surface area contributed by atoms with Crippen molar-refractivity contribution in [2.75, 3.05) is 0 Å². The van der Waals surface area contributed by atoms with Crippen molar-refractivity contribution in [3.8, 4) is 44.6 Å². The molecule has 0 bridgehead atoms. The molecule has 7 aromatic carbocycles. The minimum Gasteiger partial charge on any atom is -0.264 e. The molecule has 0 amide bonds. The zero-order valence-corrected chi connectivity index (χ0v) is 25.1. The molecule has 9 aromatic rings. The Balaban J connectivity index is 1.19. The van der Waals surface area contributed by atoms with Crippen LogP contribution >= 0.6 is 0 Å². The molecule has 0 fully saturated rings. The Morgan fingerprint density at radius 2 is 0.935 bits per heavy atom. The van der Waals surface area contributed by atoms with Crippen molar-refractivity contribution in [1.82, 2.24) is 9.97 Å². The lowest BCUT2D eigenvalue weighted by atomic mass is 9.84. The van der Waals surface area contributed by atoms with Gasteiger partial charge in [-0.1, -0.05) is 127 Å². The van der Waals surface area contributed by atoms with Crippen LogP contribution in [-0.2, 0) is 0 Å². The lowest BCUT2D eigenvalue weighted by molar-refractivity contribution is 1.30. The second-order valence-corrected chi connectivity index (χ2v) is 11.8. The van der Waals surface area contributed by atoms with Crippen molar-refractivity contribution in [3.05, 3.63) is 170 Å². The first-order valence-electron chi connectivity index (χ1n) is 15.6. The van der Waals surface area contributed by atoms with Crippen LogP contribution < -0.4 is 0 Å². The van der Waals surface area contributed by atoms with Gasteiger partial charge in [0, 0.05) is 35.3 Å². The minimum absolute atomic E-state index is 0.958. The lowest BCUT2D eigenvalue weighted by Crippen LogP contribution is -1.92. The number of pyridine rings is 2. The Morgan fingerprint density at radius 3 is 1.61 bits per heavy atom. The van der Waals surface area contributed by atoms with Crippen LogP contribution in [0.25, 0.3) is 87.7 Å². The molecule has 46 heavy (non-hydrogen) atoms. The molecule has 214 valence electrons. The van der Waals surface area contributed by atoms with Crippen LogP contribution in [0.1, 0.15) is 0 Å². The van der Waals surface area contributed by atoms with Gasteiger partial charge < -0.3 is 0 Å². The van der Waals surface area contributed by atoms with E-state index in [9.17, 15) is 0 Å². The van der Waals surface area contributed by atoms with Crippen molar-refractivity contribution in [2.24, 2.45) is 0 Å². The average Bonchev–Trinajstić information content (AvgIpc) is 3.13. The van der Waals surface area contributed by atoms with Crippen molar-refractivity contribution in [3.63, 3.8) is 0 Å². The van der Waals surface area contributed by atoms with E-state index < -0.39 is 0 Å². The van der Waals surface area contributed by atoms with Crippen LogP contribution in [0.15, 0.2) is 170 Å². The van der Waals surface area contributed by atoms with E-state index in [4.69, 9.17) is 4.98 Å². The zero-order chi connectivity index (χ0) is 30.5. The Hall–Kier alpha value is -6.12. The summed E-state index contributed by atoms with van der Waals surface area (Å²) in [5.41, 5.74) is 9.24. The van der Waals surface area contributed by atoms with Crippen molar-refractivity contribution in [2.45, 2.75) is 0 Å². The van der Waals surface area contributed by atoms with E-state index >= 15 is 0 Å². The van der Waals surface area contributed by atoms with Crippen molar-refractivity contribution in [1.29, 1.82) is 0 Å². The first kappa shape index (κ1) is 26.3. The van der Waals surface area contributed by atoms with Crippen LogP contribution in [-0.4, -0.2) is 9.97 Å². The van der Waals surface area contributed by atoms with Crippen LogP contribution in [0.5, 0.6) is 0 Å². The van der Waals surface area contributed by atoms with Gasteiger partial charge in [0.15, 0.2) is 0 Å². The fourth-order valence-electron chi connectivity index (χ4n) is 7.00. The summed E-state index contributed by atoms with van der Waals surface area (Å²) in [5, 5.41) is 9.99. The van der Waals surface area contributed by atoms with Gasteiger partial charge in [-0.2, -0.15) is 0 Å². The molecule has 0 saturated heterocycles. The number of aromatic nitrogens is 2. The Bertz CT molecular complexity index is 2500. The summed E-state index contributed by atoms with van der Waals surface area (Å²) >= 11 is 0. The standard InChI is InChI=1S/C44H28N2/c1-2-12-36-29(9-1)10-7-17-37(36)44-40-15-5-3-13-38(40)43(39-14-4-6-16-41(39)44)33-21-19-30-25-32(20-18-31(30)26-33)42-23-22-35(28-46-42)34-11-8-24-45-27-34/h1-28H. The monoisotopic (exact) mass is 584 g/mol. The third-order valence-electron chi connectivity index (χ3n) is 9.17. The maximum atomic E-state index is 4.79. The van der Waals surface area contributed by atoms with Crippen LogP contribution in [0, 0.1) is 0 Å². The van der Waals surface area contributed by atoms with Crippen molar-refractivity contribution >= 4 is 43.1 Å². The third-order valence-corrected chi connectivity index (χ3v) is 9.17. The summed E-state index contributed by atoms with van der Waals surface area (Å²) in [6, 6.07) is 54.8. The maximum absolute atomic E-state index is 4.79. The second-order valence-electron chi connectivity index (χ2n) is 11.8. The molecule has 0 aliphatic rings. The molecule has 0 radical (unpaired) electrons. The van der Waals surface area contributed by atoms with Crippen LogP contribution in [0.3, 0.4) is 0 Å². The van der Waals surface area contributed by atoms with E-state index in [1.54, 1.807) is 6.20 Å². The normalized spacial score (nSPS) is 11.5. The zero-order valence-electron chi connectivity index (χ0n) is 25.1. The molecule has 9 rings (SSSR count). The predicted octanol–water partition coefficient (Wildman–Crippen LogP) is 11.8. The molecule has 0 atom stereocenters. The highest BCUT2D eigenvalue weighted by Gasteiger charge is 2.18. The van der Waals surface area contributed by atoms with Gasteiger partial charge in [0.2, 0.25) is 0 Å². The Labute approximate surface area is 267 Å². The third kappa shape index (κ3) is 4.35. The topological polar surface area (TPSA) is 25.8 Å². The fraction of sp³-hybridized carbons (Fsp3) is 0. The highest BCUT2D eigenvalue weighted by molar-refractivity contribution is 6.23. The van der Waals surface area contributed by atoms with E-state index in [0.29, 0.717) is 0 Å². The number of benzene rings is 7. The highest BCUT2D eigenvalue weighted by atomic mass is 14.7. The van der Waals surface area contributed by atoms with E-state index in [-0.39, 0.29) is 0 Å². The van der Waals surface area contributed by atoms with Gasteiger partial charge in [-0.25, -0.2) is 0 Å². The van der Waals surface area contributed by atoms with Gasteiger partial charge in [-0.3, -0.25) is 9.97 Å². The van der Waals surface area contributed by atoms with Gasteiger partial charge in [0.05, 0.1) is 5.69 Å². The molecular formula is C44H28N2. The SMILES string of the molecule is c1cncc(-c2ccc(-c3ccc4cc(-c5c6ccccc6c(-c6cccc7ccccc67)c6ccccc56)ccc4c3)nc2)c1. The van der Waals surface area contributed by atoms with Gasteiger partial charge in [0.1, 0.15) is 0 Å². The number of rotatable bonds is 4. The van der Waals surface area contributed by atoms with E-state index in [2.05, 4.69) is 151 Å². The van der Waals surface area contributed by atoms with Crippen LogP contribution in [0.4, 0.5) is 0 Å². The smallest absolute Gasteiger partial charge is 0.0702 e. The predicted molar refractivity (Wildman–Crippen MR) is 194 cm³/mol. The van der Waals surface area contributed by atoms with Crippen molar-refractivity contribution < 1.29 is 0 Å². The molecule has 0 unspecified atom stereocenters. The van der Waals surface area contributed by atoms with E-state index in [1.165, 1.54) is 65.3 Å². The number of hydrogen-bond donors (Lipinski definition) is 0. The van der Waals surface area contributed by atoms with Gasteiger partial charge in [-0.05, 0) is 89.6 Å². The molecule has 0 saturated carbocycles. The molecule has 0 N–H and O–H groups in total. The molecule has 2 aromatic heterocycles. The Kier molecular flexibility index (Phi) is 6.17. The average molecular weight is 585 g/mol. The van der Waals surface area contributed by atoms with E-state index in [1.807, 2.05) is 18.5 Å². The summed E-state index contributed by atoms with van der Waals surface area (Å²) < 4.78 is 0. The molecule has 0 aliphatic heterocycles. The molecule has 0 aliphatic carbocycles. The van der Waals surface area contributed by atoms with Gasteiger partial charge in [0.25, 0.3) is 0 Å². The first-order valence-corrected chi connectivity index (χ1v) is 15.6. The molecule has 2 heterocycles. The molecule has 2 heteroatoms. The fourth-order valence-corrected chi connectivity index (χ4v) is 7.00. The van der Waals surface area contributed by atoms with Gasteiger partial charge >= 0.3 is 0 Å². The maximum Gasteiger partial charge on any atom is 0.0702 e. The number of nitrogens with zero attached hydrogens (tertiary/aromatic N) is 2. The van der Waals surface area contributed by atoms with Crippen LogP contribution in [0.2, 0.25) is 0 Å². The highest BCUT2D eigenvalue weighted by Crippen LogP contribution is 2.45. The molecular weight excluding hydrogens is 556 g/mol. The first-order chi connectivity index (χ1) is 22.8. The summed E-state index contributed by atoms with van der Waals surface area (Å²) in [5.74, 6) is 0. The van der Waals surface area contributed by atoms with Gasteiger partial charge in [-0.15, -0.1) is 0 Å². The summed E-state index contributed by atoms with van der Waals surface area (Å²) in [6.07, 6.45) is 5.59. The minimum atomic E-state index is 0.958. The summed E-state index contributed by atoms with van der Waals surface area (Å²) in [6.45, 7) is 0. The largest absolute Gasteiger partial charge is 0.264 e. The summed E-state index contributed by atoms with van der Waals surface area (Å²) in [4.78, 5) is 9.03. The quantitative estimate of drug-likeness (QED) is 0.192.